The number of fused-ring (bicyclic) bond motifs is 1. The van der Waals surface area contributed by atoms with E-state index in [1.54, 1.807) is 17.9 Å². The number of hydrogen-bond acceptors (Lipinski definition) is 4. The summed E-state index contributed by atoms with van der Waals surface area (Å²) in [6.45, 7) is 3.98. The summed E-state index contributed by atoms with van der Waals surface area (Å²) >= 11 is 3.07. The van der Waals surface area contributed by atoms with E-state index >= 15 is 0 Å². The minimum atomic E-state index is -2.51. The SMILES string of the molecule is CC=C1CCCC1=CC(C#Cc1sc(/C=C/C)c2c1C(=O)OC2=O)=C([C]#[Os])[P+](c1ccccc1)(c1ccccc1)c1ccccc1. The fourth-order valence-corrected chi connectivity index (χ4v) is 13.1. The zero-order chi connectivity index (χ0) is 32.1. The van der Waals surface area contributed by atoms with Crippen LogP contribution in [-0.2, 0) is 22.7 Å². The van der Waals surface area contributed by atoms with Crippen molar-refractivity contribution in [3.8, 4) is 16.2 Å². The van der Waals surface area contributed by atoms with Crippen molar-refractivity contribution in [1.82, 2.24) is 0 Å². The van der Waals surface area contributed by atoms with Crippen LogP contribution < -0.4 is 15.9 Å². The summed E-state index contributed by atoms with van der Waals surface area (Å²) in [4.78, 5) is 26.7. The monoisotopic (exact) mass is 814 g/mol. The molecule has 0 bridgehead atoms. The van der Waals surface area contributed by atoms with Gasteiger partial charge in [-0.1, -0.05) is 0 Å². The number of benzene rings is 3. The third-order valence-electron chi connectivity index (χ3n) is 8.23. The number of cyclic esters (lactones) is 2. The van der Waals surface area contributed by atoms with Gasteiger partial charge in [0, 0.05) is 0 Å². The van der Waals surface area contributed by atoms with Gasteiger partial charge in [0.1, 0.15) is 0 Å². The van der Waals surface area contributed by atoms with Crippen molar-refractivity contribution in [1.29, 1.82) is 0 Å². The Morgan fingerprint density at radius 1 is 0.804 bits per heavy atom. The first-order chi connectivity index (χ1) is 22.5. The van der Waals surface area contributed by atoms with Gasteiger partial charge in [-0.15, -0.1) is 0 Å². The standard InChI is InChI=1S/C40H31O3PS.Os/c1-4-16-35-37-38(40(42)43-39(37)41)36(45-35)26-25-30(27-31-18-15-17-29(31)5-2)28(3)44(32-19-9-6-10-20-32,33-21-11-7-12-22-33)34-23-13-8-14-24-34;/h4-14,16,19-24,27H,15,17-18H2,1-2H3;/q+1;/b16-4+,29-5?,30-28?,31-27?;. The first-order valence-electron chi connectivity index (χ1n) is 15.1. The number of carbonyl (C=O) groups excluding carboxylic acids is 2. The van der Waals surface area contributed by atoms with Crippen molar-refractivity contribution in [3.63, 3.8) is 0 Å². The van der Waals surface area contributed by atoms with Crippen molar-refractivity contribution < 1.29 is 32.3 Å². The molecule has 2 heterocycles. The van der Waals surface area contributed by atoms with Crippen molar-refractivity contribution in [2.24, 2.45) is 0 Å². The molecule has 1 fully saturated rings. The fraction of sp³-hybridized carbons (Fsp3) is 0.125. The quantitative estimate of drug-likeness (QED) is 0.0854. The number of carbonyl (C=O) groups is 2. The number of thiophene rings is 1. The van der Waals surface area contributed by atoms with Gasteiger partial charge < -0.3 is 0 Å². The average Bonchev–Trinajstić information content (AvgIpc) is 3.79. The van der Waals surface area contributed by atoms with E-state index in [1.807, 2.05) is 19.1 Å². The van der Waals surface area contributed by atoms with E-state index in [0.29, 0.717) is 15.3 Å². The second-order valence-electron chi connectivity index (χ2n) is 10.8. The van der Waals surface area contributed by atoms with E-state index in [2.05, 4.69) is 126 Å². The fourth-order valence-electron chi connectivity index (χ4n) is 6.21. The maximum absolute atomic E-state index is 12.9. The van der Waals surface area contributed by atoms with E-state index < -0.39 is 19.2 Å². The van der Waals surface area contributed by atoms with E-state index in [1.165, 1.54) is 38.4 Å². The molecule has 2 aliphatic rings. The Morgan fingerprint density at radius 3 is 1.87 bits per heavy atom. The Labute approximate surface area is 284 Å². The van der Waals surface area contributed by atoms with Gasteiger partial charge >= 0.3 is 286 Å². The summed E-state index contributed by atoms with van der Waals surface area (Å²) in [6, 6.07) is 32.1. The number of esters is 2. The average molecular weight is 813 g/mol. The zero-order valence-corrected chi connectivity index (χ0v) is 29.8. The number of hydrogen-bond donors (Lipinski definition) is 0. The Hall–Kier alpha value is -4.13. The van der Waals surface area contributed by atoms with Gasteiger partial charge in [-0.05, 0) is 0 Å². The molecule has 3 nitrogen and oxygen atoms in total. The van der Waals surface area contributed by atoms with Crippen LogP contribution in [0.3, 0.4) is 0 Å². The summed E-state index contributed by atoms with van der Waals surface area (Å²) in [6.07, 6.45) is 11.2. The van der Waals surface area contributed by atoms with Crippen LogP contribution in [0.15, 0.2) is 131 Å². The van der Waals surface area contributed by atoms with Gasteiger partial charge in [0.25, 0.3) is 0 Å². The number of allylic oxidation sites excluding steroid dienone is 7. The molecular formula is C40H31O3OsPS+. The van der Waals surface area contributed by atoms with Crippen LogP contribution in [0, 0.1) is 16.2 Å². The first kappa shape index (κ1) is 31.8. The van der Waals surface area contributed by atoms with Crippen LogP contribution in [-0.4, -0.2) is 11.9 Å². The molecule has 3 aromatic carbocycles. The topological polar surface area (TPSA) is 43.4 Å². The van der Waals surface area contributed by atoms with Gasteiger partial charge in [0.15, 0.2) is 0 Å². The predicted octanol–water partition coefficient (Wildman–Crippen LogP) is 8.25. The first-order valence-corrected chi connectivity index (χ1v) is 19.0. The van der Waals surface area contributed by atoms with E-state index in [9.17, 15) is 9.59 Å². The van der Waals surface area contributed by atoms with Crippen molar-refractivity contribution in [2.45, 2.75) is 33.1 Å². The molecule has 1 aliphatic heterocycles. The van der Waals surface area contributed by atoms with Crippen LogP contribution in [0.4, 0.5) is 0 Å². The molecular weight excluding hydrogens is 782 g/mol. The number of rotatable bonds is 6. The molecule has 0 amide bonds. The second kappa shape index (κ2) is 14.1. The van der Waals surface area contributed by atoms with Gasteiger partial charge in [0.2, 0.25) is 0 Å². The normalized spacial score (nSPS) is 16.7. The summed E-state index contributed by atoms with van der Waals surface area (Å²) in [5.41, 5.74) is 4.05. The third kappa shape index (κ3) is 5.80. The maximum atomic E-state index is 12.9. The molecule has 0 spiro atoms. The molecule has 0 radical (unpaired) electrons. The van der Waals surface area contributed by atoms with Gasteiger partial charge in [-0.3, -0.25) is 0 Å². The van der Waals surface area contributed by atoms with Crippen LogP contribution in [0.5, 0.6) is 0 Å². The van der Waals surface area contributed by atoms with Crippen LogP contribution in [0.1, 0.15) is 63.6 Å². The molecule has 6 heteroatoms. The molecule has 0 unspecified atom stereocenters. The van der Waals surface area contributed by atoms with Crippen molar-refractivity contribution >= 4 is 52.5 Å². The Morgan fingerprint density at radius 2 is 1.35 bits per heavy atom. The van der Waals surface area contributed by atoms with Gasteiger partial charge in [-0.25, -0.2) is 0 Å². The molecule has 0 saturated heterocycles. The van der Waals surface area contributed by atoms with Crippen molar-refractivity contribution in [2.75, 3.05) is 0 Å². The second-order valence-corrected chi connectivity index (χ2v) is 15.9. The number of ether oxygens (including phenoxy) is 1. The van der Waals surface area contributed by atoms with E-state index in [0.717, 1.165) is 30.1 Å². The van der Waals surface area contributed by atoms with Crippen LogP contribution in [0.25, 0.3) is 6.08 Å². The van der Waals surface area contributed by atoms with E-state index in [4.69, 9.17) is 4.74 Å². The summed E-state index contributed by atoms with van der Waals surface area (Å²) in [5.74, 6) is 5.67. The molecule has 46 heavy (non-hydrogen) atoms. The van der Waals surface area contributed by atoms with Gasteiger partial charge in [-0.2, -0.15) is 0 Å². The van der Waals surface area contributed by atoms with Crippen molar-refractivity contribution in [3.05, 3.63) is 152 Å². The van der Waals surface area contributed by atoms with Gasteiger partial charge in [0.05, 0.1) is 0 Å². The molecule has 6 rings (SSSR count). The third-order valence-corrected chi connectivity index (χ3v) is 14.7. The predicted molar refractivity (Wildman–Crippen MR) is 187 cm³/mol. The molecule has 1 aromatic heterocycles. The zero-order valence-electron chi connectivity index (χ0n) is 25.5. The Bertz CT molecular complexity index is 1950. The molecule has 4 aromatic rings. The Kier molecular flexibility index (Phi) is 9.76. The molecule has 227 valence electrons. The molecule has 0 N–H and O–H groups in total. The molecule has 1 aliphatic carbocycles. The van der Waals surface area contributed by atoms with E-state index in [-0.39, 0.29) is 5.56 Å². The Balaban J connectivity index is 1.73. The summed E-state index contributed by atoms with van der Waals surface area (Å²) < 4.78 is 8.74. The van der Waals surface area contributed by atoms with Crippen LogP contribution in [0.2, 0.25) is 0 Å². The summed E-state index contributed by atoms with van der Waals surface area (Å²) in [7, 11) is -2.51. The molecule has 0 atom stereocenters. The molecule has 1 saturated carbocycles. The summed E-state index contributed by atoms with van der Waals surface area (Å²) in [5, 5.41) is 4.66. The minimum absolute atomic E-state index is 0.265. The van der Waals surface area contributed by atoms with Crippen LogP contribution >= 0.6 is 18.6 Å².